The summed E-state index contributed by atoms with van der Waals surface area (Å²) in [6, 6.07) is 12.6. The lowest BCUT2D eigenvalue weighted by Gasteiger charge is -2.33. The maximum Gasteiger partial charge on any atom is 0.264 e. The molecule has 22 heavy (non-hydrogen) atoms. The maximum atomic E-state index is 13.0. The molecule has 0 aromatic heterocycles. The summed E-state index contributed by atoms with van der Waals surface area (Å²) >= 11 is 0. The quantitative estimate of drug-likeness (QED) is 0.843. The minimum Gasteiger partial charge on any atom is -0.259 e. The van der Waals surface area contributed by atoms with Gasteiger partial charge in [0.25, 0.3) is 10.0 Å². The van der Waals surface area contributed by atoms with Crippen molar-refractivity contribution >= 4 is 21.8 Å². The van der Waals surface area contributed by atoms with E-state index < -0.39 is 10.0 Å². The first-order valence-electron chi connectivity index (χ1n) is 7.29. The molecule has 0 radical (unpaired) electrons. The summed E-state index contributed by atoms with van der Waals surface area (Å²) in [4.78, 5) is 0.326. The zero-order valence-electron chi connectivity index (χ0n) is 12.9. The van der Waals surface area contributed by atoms with E-state index in [4.69, 9.17) is 0 Å². The van der Waals surface area contributed by atoms with Crippen LogP contribution in [0.15, 0.2) is 53.4 Å². The largest absolute Gasteiger partial charge is 0.264 e. The first-order chi connectivity index (χ1) is 10.4. The number of benzene rings is 2. The van der Waals surface area contributed by atoms with E-state index in [2.05, 4.69) is 0 Å². The van der Waals surface area contributed by atoms with Crippen LogP contribution in [0, 0.1) is 13.8 Å². The van der Waals surface area contributed by atoms with E-state index in [1.165, 1.54) is 4.31 Å². The summed E-state index contributed by atoms with van der Waals surface area (Å²) in [7, 11) is -3.57. The van der Waals surface area contributed by atoms with Crippen LogP contribution in [-0.4, -0.2) is 14.5 Å². The molecule has 0 spiro atoms. The van der Waals surface area contributed by atoms with Gasteiger partial charge in [-0.2, -0.15) is 0 Å². The number of sulfonamides is 1. The third-order valence-electron chi connectivity index (χ3n) is 3.92. The van der Waals surface area contributed by atoms with Gasteiger partial charge in [0.15, 0.2) is 0 Å². The third-order valence-corrected chi connectivity index (χ3v) is 5.84. The van der Waals surface area contributed by atoms with E-state index in [0.29, 0.717) is 4.90 Å². The van der Waals surface area contributed by atoms with E-state index in [1.807, 2.05) is 63.3 Å². The fourth-order valence-corrected chi connectivity index (χ4v) is 4.36. The molecule has 2 aromatic carbocycles. The van der Waals surface area contributed by atoms with E-state index in [1.54, 1.807) is 12.1 Å². The molecule has 0 unspecified atom stereocenters. The average molecular weight is 313 g/mol. The number of aryl methyl sites for hydroxylation is 2. The highest BCUT2D eigenvalue weighted by Gasteiger charge is 2.31. The smallest absolute Gasteiger partial charge is 0.259 e. The highest BCUT2D eigenvalue weighted by Crippen LogP contribution is 2.34. The number of anilines is 1. The maximum absolute atomic E-state index is 13.0. The highest BCUT2D eigenvalue weighted by atomic mass is 32.2. The topological polar surface area (TPSA) is 37.4 Å². The number of hydrogen-bond acceptors (Lipinski definition) is 2. The third kappa shape index (κ3) is 2.44. The summed E-state index contributed by atoms with van der Waals surface area (Å²) in [5.41, 5.74) is 3.84. The average Bonchev–Trinajstić information content (AvgIpc) is 2.47. The second-order valence-electron chi connectivity index (χ2n) is 5.78. The van der Waals surface area contributed by atoms with Crippen LogP contribution in [0.25, 0.3) is 6.08 Å². The van der Waals surface area contributed by atoms with Crippen LogP contribution in [0.2, 0.25) is 0 Å². The Bertz CT molecular complexity index is 836. The molecule has 0 N–H and O–H groups in total. The summed E-state index contributed by atoms with van der Waals surface area (Å²) < 4.78 is 27.6. The van der Waals surface area contributed by atoms with Crippen molar-refractivity contribution in [3.05, 3.63) is 65.2 Å². The van der Waals surface area contributed by atoms with Crippen LogP contribution in [-0.2, 0) is 10.0 Å². The van der Waals surface area contributed by atoms with Crippen molar-refractivity contribution in [1.82, 2.24) is 0 Å². The Morgan fingerprint density at radius 2 is 1.59 bits per heavy atom. The molecule has 1 aliphatic heterocycles. The van der Waals surface area contributed by atoms with Crippen LogP contribution in [0.5, 0.6) is 0 Å². The van der Waals surface area contributed by atoms with Gasteiger partial charge in [-0.15, -0.1) is 0 Å². The zero-order chi connectivity index (χ0) is 15.9. The van der Waals surface area contributed by atoms with Crippen molar-refractivity contribution < 1.29 is 8.42 Å². The van der Waals surface area contributed by atoms with Crippen molar-refractivity contribution in [2.24, 2.45) is 0 Å². The van der Waals surface area contributed by atoms with Crippen LogP contribution >= 0.6 is 0 Å². The molecular weight excluding hydrogens is 294 g/mol. The first-order valence-corrected chi connectivity index (χ1v) is 8.73. The van der Waals surface area contributed by atoms with E-state index in [-0.39, 0.29) is 6.04 Å². The summed E-state index contributed by atoms with van der Waals surface area (Å²) in [5, 5.41) is 0. The number of fused-ring (bicyclic) bond motifs is 1. The van der Waals surface area contributed by atoms with Crippen LogP contribution in [0.3, 0.4) is 0 Å². The van der Waals surface area contributed by atoms with E-state index in [0.717, 1.165) is 22.4 Å². The second kappa shape index (κ2) is 5.29. The monoisotopic (exact) mass is 313 g/mol. The fourth-order valence-electron chi connectivity index (χ4n) is 2.72. The molecule has 0 fully saturated rings. The van der Waals surface area contributed by atoms with Gasteiger partial charge in [0.2, 0.25) is 0 Å². The molecule has 114 valence electrons. The van der Waals surface area contributed by atoms with Crippen molar-refractivity contribution in [2.45, 2.75) is 31.7 Å². The van der Waals surface area contributed by atoms with Gasteiger partial charge < -0.3 is 0 Å². The predicted molar refractivity (Wildman–Crippen MR) is 90.5 cm³/mol. The number of rotatable bonds is 2. The number of nitrogens with zero attached hydrogens (tertiary/aromatic N) is 1. The molecule has 2 aromatic rings. The Hall–Kier alpha value is -2.07. The van der Waals surface area contributed by atoms with Gasteiger partial charge in [0, 0.05) is 0 Å². The van der Waals surface area contributed by atoms with Gasteiger partial charge in [0.05, 0.1) is 16.6 Å². The summed E-state index contributed by atoms with van der Waals surface area (Å²) in [5.74, 6) is 0. The Labute approximate surface area is 132 Å². The molecule has 3 nitrogen and oxygen atoms in total. The van der Waals surface area contributed by atoms with Gasteiger partial charge >= 0.3 is 0 Å². The SMILES string of the molecule is Cc1ccc(S(=O)(=O)N2c3ccc(C)cc3C=C[C@H]2C)cc1. The minimum atomic E-state index is -3.57. The Balaban J connectivity index is 2.14. The Kier molecular flexibility index (Phi) is 3.57. The second-order valence-corrected chi connectivity index (χ2v) is 7.59. The summed E-state index contributed by atoms with van der Waals surface area (Å²) in [6.07, 6.45) is 3.92. The van der Waals surface area contributed by atoms with Crippen molar-refractivity contribution in [2.75, 3.05) is 4.31 Å². The van der Waals surface area contributed by atoms with Crippen molar-refractivity contribution in [3.8, 4) is 0 Å². The fraction of sp³-hybridized carbons (Fsp3) is 0.222. The molecule has 1 heterocycles. The molecule has 1 aliphatic rings. The zero-order valence-corrected chi connectivity index (χ0v) is 13.8. The van der Waals surface area contributed by atoms with Crippen molar-refractivity contribution in [1.29, 1.82) is 0 Å². The molecule has 4 heteroatoms. The van der Waals surface area contributed by atoms with Gasteiger partial charge in [0.1, 0.15) is 0 Å². The van der Waals surface area contributed by atoms with Crippen molar-refractivity contribution in [3.63, 3.8) is 0 Å². The lowest BCUT2D eigenvalue weighted by Crippen LogP contribution is -2.39. The molecule has 0 aliphatic carbocycles. The molecule has 0 amide bonds. The molecule has 1 atom stereocenters. The lowest BCUT2D eigenvalue weighted by molar-refractivity contribution is 0.587. The Morgan fingerprint density at radius 3 is 2.27 bits per heavy atom. The number of hydrogen-bond donors (Lipinski definition) is 0. The highest BCUT2D eigenvalue weighted by molar-refractivity contribution is 7.92. The van der Waals surface area contributed by atoms with Crippen LogP contribution < -0.4 is 4.31 Å². The van der Waals surface area contributed by atoms with E-state index in [9.17, 15) is 8.42 Å². The van der Waals surface area contributed by atoms with Gasteiger partial charge in [-0.05, 0) is 50.6 Å². The van der Waals surface area contributed by atoms with Gasteiger partial charge in [-0.25, -0.2) is 8.42 Å². The Morgan fingerprint density at radius 1 is 0.955 bits per heavy atom. The van der Waals surface area contributed by atoms with Gasteiger partial charge in [-0.1, -0.05) is 41.5 Å². The first kappa shape index (κ1) is 14.9. The molecule has 0 saturated carbocycles. The molecule has 0 saturated heterocycles. The molecule has 3 rings (SSSR count). The van der Waals surface area contributed by atoms with Crippen LogP contribution in [0.4, 0.5) is 5.69 Å². The lowest BCUT2D eigenvalue weighted by atomic mass is 10.0. The minimum absolute atomic E-state index is 0.207. The summed E-state index contributed by atoms with van der Waals surface area (Å²) in [6.45, 7) is 5.84. The standard InChI is InChI=1S/C18H19NO2S/c1-13-4-9-17(10-5-13)22(20,21)19-15(3)7-8-16-12-14(2)6-11-18(16)19/h4-12,15H,1-3H3/t15-/m1/s1. The van der Waals surface area contributed by atoms with E-state index >= 15 is 0 Å². The normalized spacial score (nSPS) is 17.4. The molecular formula is C18H19NO2S. The predicted octanol–water partition coefficient (Wildman–Crippen LogP) is 3.91. The van der Waals surface area contributed by atoms with Gasteiger partial charge in [-0.3, -0.25) is 4.31 Å². The van der Waals surface area contributed by atoms with Crippen LogP contribution in [0.1, 0.15) is 23.6 Å². The molecule has 0 bridgehead atoms.